The first-order chi connectivity index (χ1) is 16.9. The number of ether oxygens (including phenoxy) is 1. The number of nitrogens with zero attached hydrogens (tertiary/aromatic N) is 2. The quantitative estimate of drug-likeness (QED) is 0.303. The summed E-state index contributed by atoms with van der Waals surface area (Å²) in [4.78, 5) is 19.5. The third-order valence-electron chi connectivity index (χ3n) is 8.44. The normalized spacial score (nSPS) is 31.8. The summed E-state index contributed by atoms with van der Waals surface area (Å²) in [6.45, 7) is 10.9. The lowest BCUT2D eigenvalue weighted by molar-refractivity contribution is -0.118. The fourth-order valence-electron chi connectivity index (χ4n) is 6.12. The van der Waals surface area contributed by atoms with Gasteiger partial charge in [0.05, 0.1) is 24.9 Å². The molecule has 0 aromatic heterocycles. The number of likely N-dealkylation sites (tertiary alicyclic amines) is 1. The summed E-state index contributed by atoms with van der Waals surface area (Å²) in [6.07, 6.45) is 5.76. The van der Waals surface area contributed by atoms with E-state index in [0.29, 0.717) is 29.7 Å². The number of nitrogens with two attached hydrogens (primary N) is 1. The summed E-state index contributed by atoms with van der Waals surface area (Å²) in [5.74, 6) is 1.36. The van der Waals surface area contributed by atoms with Crippen LogP contribution in [-0.2, 0) is 14.9 Å². The molecule has 0 bridgehead atoms. The van der Waals surface area contributed by atoms with E-state index in [4.69, 9.17) is 10.5 Å². The van der Waals surface area contributed by atoms with Gasteiger partial charge < -0.3 is 25.8 Å². The van der Waals surface area contributed by atoms with Gasteiger partial charge >= 0.3 is 0 Å². The van der Waals surface area contributed by atoms with Crippen molar-refractivity contribution in [1.29, 1.82) is 0 Å². The zero-order valence-corrected chi connectivity index (χ0v) is 20.7. The number of rotatable bonds is 8. The van der Waals surface area contributed by atoms with Gasteiger partial charge in [0.25, 0.3) is 5.91 Å². The highest BCUT2D eigenvalue weighted by Gasteiger charge is 2.60. The van der Waals surface area contributed by atoms with Gasteiger partial charge in [-0.15, -0.1) is 0 Å². The molecule has 0 unspecified atom stereocenters. The Morgan fingerprint density at radius 3 is 2.63 bits per heavy atom. The summed E-state index contributed by atoms with van der Waals surface area (Å²) in [6, 6.07) is 8.87. The third-order valence-corrected chi connectivity index (χ3v) is 8.44. The molecule has 2 atom stereocenters. The van der Waals surface area contributed by atoms with Crippen LogP contribution in [0.15, 0.2) is 46.7 Å². The summed E-state index contributed by atoms with van der Waals surface area (Å²) >= 11 is 0. The van der Waals surface area contributed by atoms with Crippen LogP contribution in [0.3, 0.4) is 0 Å². The predicted octanol–water partition coefficient (Wildman–Crippen LogP) is 2.60. The Morgan fingerprint density at radius 2 is 2.00 bits per heavy atom. The molecule has 0 radical (unpaired) electrons. The number of hydrogen-bond acceptors (Lipinski definition) is 6. The van der Waals surface area contributed by atoms with Gasteiger partial charge in [0.15, 0.2) is 0 Å². The maximum atomic E-state index is 13.0. The van der Waals surface area contributed by atoms with E-state index < -0.39 is 0 Å². The molecule has 4 fully saturated rings. The van der Waals surface area contributed by atoms with Crippen molar-refractivity contribution in [3.05, 3.63) is 52.9 Å². The van der Waals surface area contributed by atoms with Gasteiger partial charge in [0, 0.05) is 37.0 Å². The van der Waals surface area contributed by atoms with Crippen LogP contribution < -0.4 is 11.1 Å². The maximum absolute atomic E-state index is 13.0. The number of benzene rings is 1. The Kier molecular flexibility index (Phi) is 6.84. The van der Waals surface area contributed by atoms with Crippen LogP contribution >= 0.6 is 0 Å². The van der Waals surface area contributed by atoms with E-state index in [1.54, 1.807) is 0 Å². The fraction of sp³-hybridized carbons (Fsp3) is 0.571. The van der Waals surface area contributed by atoms with Gasteiger partial charge in [-0.2, -0.15) is 0 Å². The molecule has 4 aliphatic rings. The van der Waals surface area contributed by atoms with Gasteiger partial charge in [-0.1, -0.05) is 24.3 Å². The second-order valence-corrected chi connectivity index (χ2v) is 11.0. The largest absolute Gasteiger partial charge is 0.393 e. The number of hydrogen-bond donors (Lipinski definition) is 3. The minimum absolute atomic E-state index is 0.0417. The van der Waals surface area contributed by atoms with Gasteiger partial charge in [0.2, 0.25) is 0 Å². The first-order valence-electron chi connectivity index (χ1n) is 12.9. The summed E-state index contributed by atoms with van der Waals surface area (Å²) in [5.41, 5.74) is 10.1. The molecule has 2 saturated carbocycles. The van der Waals surface area contributed by atoms with Crippen molar-refractivity contribution in [2.75, 3.05) is 32.8 Å². The number of aliphatic imine (C=N–C) groups is 1. The number of fused-ring (bicyclic) bond motifs is 1. The Bertz CT molecular complexity index is 1020. The Hall–Kier alpha value is -2.48. The van der Waals surface area contributed by atoms with Crippen LogP contribution in [0.1, 0.15) is 50.2 Å². The molecule has 2 aliphatic carbocycles. The van der Waals surface area contributed by atoms with E-state index >= 15 is 0 Å². The van der Waals surface area contributed by atoms with Crippen LogP contribution in [0.5, 0.6) is 0 Å². The molecule has 2 saturated heterocycles. The van der Waals surface area contributed by atoms with E-state index in [0.717, 1.165) is 56.2 Å². The molecule has 188 valence electrons. The molecule has 2 heterocycles. The molecule has 35 heavy (non-hydrogen) atoms. The Balaban J connectivity index is 1.25. The fourth-order valence-corrected chi connectivity index (χ4v) is 6.12. The number of aliphatic hydroxyl groups excluding tert-OH is 1. The van der Waals surface area contributed by atoms with Gasteiger partial charge in [0.1, 0.15) is 5.82 Å². The van der Waals surface area contributed by atoms with Crippen molar-refractivity contribution in [3.8, 4) is 0 Å². The monoisotopic (exact) mass is 478 g/mol. The zero-order valence-electron chi connectivity index (χ0n) is 20.7. The van der Waals surface area contributed by atoms with E-state index in [9.17, 15) is 9.90 Å². The number of aliphatic hydroxyl groups is 1. The molecule has 1 amide bonds. The summed E-state index contributed by atoms with van der Waals surface area (Å²) in [7, 11) is 0. The molecular formula is C28H38N4O3. The maximum Gasteiger partial charge on any atom is 0.255 e. The molecule has 0 spiro atoms. The Labute approximate surface area is 208 Å². The van der Waals surface area contributed by atoms with E-state index in [1.807, 2.05) is 13.0 Å². The SMILES string of the molecule is C=N/C(N)=C(\C=C(/C)c1ccc([C@]23C[C@H]2CN(CC2COC2)C3)cc1)C(=O)N[C@H]1CC[C@H](O)CC1. The zero-order chi connectivity index (χ0) is 24.6. The predicted molar refractivity (Wildman–Crippen MR) is 138 cm³/mol. The molecule has 7 nitrogen and oxygen atoms in total. The number of piperidine rings is 1. The summed E-state index contributed by atoms with van der Waals surface area (Å²) in [5, 5.41) is 12.8. The van der Waals surface area contributed by atoms with E-state index in [-0.39, 0.29) is 23.9 Å². The van der Waals surface area contributed by atoms with Gasteiger partial charge in [-0.3, -0.25) is 4.79 Å². The summed E-state index contributed by atoms with van der Waals surface area (Å²) < 4.78 is 5.35. The number of amides is 1. The number of carbonyl (C=O) groups is 1. The highest BCUT2D eigenvalue weighted by Crippen LogP contribution is 2.59. The first kappa shape index (κ1) is 24.2. The van der Waals surface area contributed by atoms with Crippen LogP contribution in [0.4, 0.5) is 0 Å². The van der Waals surface area contributed by atoms with Crippen LogP contribution in [0, 0.1) is 11.8 Å². The first-order valence-corrected chi connectivity index (χ1v) is 12.9. The topological polar surface area (TPSA) is 100 Å². The van der Waals surface area contributed by atoms with Crippen molar-refractivity contribution in [3.63, 3.8) is 0 Å². The number of carbonyl (C=O) groups excluding carboxylic acids is 1. The van der Waals surface area contributed by atoms with Crippen LogP contribution in [0.25, 0.3) is 5.57 Å². The van der Waals surface area contributed by atoms with Gasteiger partial charge in [-0.05, 0) is 74.4 Å². The Morgan fingerprint density at radius 1 is 1.29 bits per heavy atom. The molecule has 4 N–H and O–H groups in total. The highest BCUT2D eigenvalue weighted by atomic mass is 16.5. The molecular weight excluding hydrogens is 440 g/mol. The van der Waals surface area contributed by atoms with Gasteiger partial charge in [-0.25, -0.2) is 4.99 Å². The lowest BCUT2D eigenvalue weighted by atomic mass is 9.92. The van der Waals surface area contributed by atoms with Crippen LogP contribution in [0.2, 0.25) is 0 Å². The average molecular weight is 479 g/mol. The second kappa shape index (κ2) is 9.88. The van der Waals surface area contributed by atoms with Crippen molar-refractivity contribution in [2.45, 2.75) is 56.6 Å². The molecule has 2 aliphatic heterocycles. The minimum atomic E-state index is -0.265. The van der Waals surface area contributed by atoms with Crippen molar-refractivity contribution < 1.29 is 14.6 Å². The molecule has 1 aromatic rings. The highest BCUT2D eigenvalue weighted by molar-refractivity contribution is 5.99. The van der Waals surface area contributed by atoms with Crippen molar-refractivity contribution in [2.24, 2.45) is 22.6 Å². The number of nitrogens with one attached hydrogen (secondary N) is 1. The number of allylic oxidation sites excluding steroid dienone is 1. The van der Waals surface area contributed by atoms with Crippen LogP contribution in [-0.4, -0.2) is 67.6 Å². The van der Waals surface area contributed by atoms with Crippen molar-refractivity contribution in [1.82, 2.24) is 10.2 Å². The third kappa shape index (κ3) is 5.08. The van der Waals surface area contributed by atoms with E-state index in [1.165, 1.54) is 18.5 Å². The lowest BCUT2D eigenvalue weighted by Gasteiger charge is -2.31. The lowest BCUT2D eigenvalue weighted by Crippen LogP contribution is -2.40. The molecule has 7 heteroatoms. The minimum Gasteiger partial charge on any atom is -0.393 e. The standard InChI is InChI=1S/C28H38N4O3/c1-18(11-25(26(29)30-2)27(34)31-23-7-9-24(33)10-8-23)20-3-5-21(6-4-20)28-12-22(28)14-32(17-28)13-19-15-35-16-19/h3-6,11,19,22-24,33H,2,7-10,12-17,29H2,1H3,(H,31,34)/b18-11+,26-25+/t22-,23-,24-,28+/m0/s1. The van der Waals surface area contributed by atoms with E-state index in [2.05, 4.69) is 46.2 Å². The average Bonchev–Trinajstić information content (AvgIpc) is 3.41. The van der Waals surface area contributed by atoms with Crippen molar-refractivity contribution >= 4 is 18.2 Å². The second-order valence-electron chi connectivity index (χ2n) is 11.0. The molecule has 1 aromatic carbocycles. The smallest absolute Gasteiger partial charge is 0.255 e. The molecule has 5 rings (SSSR count).